The van der Waals surface area contributed by atoms with E-state index in [1.54, 1.807) is 14.2 Å². The topological polar surface area (TPSA) is 64.7 Å². The lowest BCUT2D eigenvalue weighted by Gasteiger charge is -2.23. The van der Waals surface area contributed by atoms with Crippen LogP contribution >= 0.6 is 0 Å². The maximum absolute atomic E-state index is 10.2. The molecular formula is C14H21NO3. The van der Waals surface area contributed by atoms with Crippen LogP contribution < -0.4 is 15.2 Å². The van der Waals surface area contributed by atoms with Gasteiger partial charge in [0.25, 0.3) is 0 Å². The Kier molecular flexibility index (Phi) is 3.78. The second-order valence-electron chi connectivity index (χ2n) is 4.94. The predicted octanol–water partition coefficient (Wildman–Crippen LogP) is 1.78. The summed E-state index contributed by atoms with van der Waals surface area (Å²) in [6.45, 7) is 1.97. The van der Waals surface area contributed by atoms with Gasteiger partial charge in [-0.05, 0) is 43.4 Å². The minimum atomic E-state index is -0.532. The number of rotatable bonds is 5. The Hall–Kier alpha value is -1.26. The van der Waals surface area contributed by atoms with E-state index >= 15 is 0 Å². The van der Waals surface area contributed by atoms with Gasteiger partial charge < -0.3 is 20.3 Å². The summed E-state index contributed by atoms with van der Waals surface area (Å²) >= 11 is 0. The van der Waals surface area contributed by atoms with Gasteiger partial charge in [-0.25, -0.2) is 0 Å². The van der Waals surface area contributed by atoms with E-state index in [0.29, 0.717) is 17.4 Å². The van der Waals surface area contributed by atoms with Gasteiger partial charge >= 0.3 is 0 Å². The second kappa shape index (κ2) is 5.16. The second-order valence-corrected chi connectivity index (χ2v) is 4.94. The molecule has 1 saturated carbocycles. The van der Waals surface area contributed by atoms with Crippen LogP contribution in [0.25, 0.3) is 0 Å². The van der Waals surface area contributed by atoms with E-state index in [2.05, 4.69) is 0 Å². The molecule has 0 radical (unpaired) electrons. The molecule has 1 aliphatic carbocycles. The number of nitrogens with two attached hydrogens (primary N) is 1. The van der Waals surface area contributed by atoms with Crippen LogP contribution in [0.2, 0.25) is 0 Å². The van der Waals surface area contributed by atoms with E-state index in [-0.39, 0.29) is 0 Å². The number of benzene rings is 1. The molecule has 0 aromatic heterocycles. The third kappa shape index (κ3) is 2.44. The lowest BCUT2D eigenvalue weighted by molar-refractivity contribution is 0.120. The van der Waals surface area contributed by atoms with Gasteiger partial charge in [0.05, 0.1) is 31.9 Å². The monoisotopic (exact) mass is 251 g/mol. The normalized spacial score (nSPS) is 18.3. The number of aliphatic hydroxyl groups excluding tert-OH is 1. The quantitative estimate of drug-likeness (QED) is 0.837. The van der Waals surface area contributed by atoms with Crippen LogP contribution in [0.5, 0.6) is 11.5 Å². The molecule has 1 fully saturated rings. The van der Waals surface area contributed by atoms with Gasteiger partial charge in [0.1, 0.15) is 11.5 Å². The van der Waals surface area contributed by atoms with Crippen LogP contribution in [0.4, 0.5) is 0 Å². The third-order valence-corrected chi connectivity index (χ3v) is 3.49. The van der Waals surface area contributed by atoms with E-state index in [1.807, 2.05) is 19.1 Å². The van der Waals surface area contributed by atoms with Crippen LogP contribution in [-0.2, 0) is 0 Å². The van der Waals surface area contributed by atoms with Crippen molar-refractivity contribution in [1.29, 1.82) is 0 Å². The highest BCUT2D eigenvalue weighted by Crippen LogP contribution is 2.42. The first kappa shape index (κ1) is 13.2. The lowest BCUT2D eigenvalue weighted by Crippen LogP contribution is -2.28. The Morgan fingerprint density at radius 1 is 1.22 bits per heavy atom. The fourth-order valence-corrected chi connectivity index (χ4v) is 2.30. The minimum Gasteiger partial charge on any atom is -0.496 e. The molecule has 2 atom stereocenters. The first-order chi connectivity index (χ1) is 8.58. The Bertz CT molecular complexity index is 404. The molecule has 0 heterocycles. The molecule has 0 aliphatic heterocycles. The maximum Gasteiger partial charge on any atom is 0.127 e. The molecular weight excluding hydrogens is 230 g/mol. The molecule has 1 aromatic carbocycles. The average Bonchev–Trinajstić information content (AvgIpc) is 3.20. The van der Waals surface area contributed by atoms with Crippen LogP contribution in [0, 0.1) is 12.8 Å². The molecule has 4 nitrogen and oxygen atoms in total. The molecule has 0 unspecified atom stereocenters. The number of hydrogen-bond acceptors (Lipinski definition) is 4. The Balaban J connectivity index is 2.39. The van der Waals surface area contributed by atoms with E-state index in [4.69, 9.17) is 15.2 Å². The summed E-state index contributed by atoms with van der Waals surface area (Å²) < 4.78 is 10.7. The number of hydrogen-bond donors (Lipinski definition) is 2. The highest BCUT2D eigenvalue weighted by molar-refractivity contribution is 5.50. The lowest BCUT2D eigenvalue weighted by atomic mass is 9.96. The van der Waals surface area contributed by atoms with Crippen LogP contribution in [0.3, 0.4) is 0 Å². The fraction of sp³-hybridized carbons (Fsp3) is 0.571. The zero-order valence-electron chi connectivity index (χ0n) is 11.1. The summed E-state index contributed by atoms with van der Waals surface area (Å²) in [5, 5.41) is 10.2. The van der Waals surface area contributed by atoms with Gasteiger partial charge in [0.2, 0.25) is 0 Å². The summed E-state index contributed by atoms with van der Waals surface area (Å²) in [6, 6.07) is 3.36. The van der Waals surface area contributed by atoms with Crippen molar-refractivity contribution in [2.75, 3.05) is 14.2 Å². The Morgan fingerprint density at radius 3 is 2.11 bits per heavy atom. The van der Waals surface area contributed by atoms with Gasteiger partial charge in [-0.3, -0.25) is 0 Å². The molecule has 100 valence electrons. The zero-order chi connectivity index (χ0) is 13.3. The summed E-state index contributed by atoms with van der Waals surface area (Å²) in [5.74, 6) is 1.67. The van der Waals surface area contributed by atoms with Crippen molar-refractivity contribution in [1.82, 2.24) is 0 Å². The minimum absolute atomic E-state index is 0.315. The Morgan fingerprint density at radius 2 is 1.72 bits per heavy atom. The molecule has 0 amide bonds. The number of ether oxygens (including phenoxy) is 2. The largest absolute Gasteiger partial charge is 0.496 e. The highest BCUT2D eigenvalue weighted by Gasteiger charge is 2.36. The molecule has 1 aliphatic rings. The molecule has 4 heteroatoms. The molecule has 0 saturated heterocycles. The summed E-state index contributed by atoms with van der Waals surface area (Å²) in [5.41, 5.74) is 7.97. The molecule has 0 bridgehead atoms. The molecule has 3 N–H and O–H groups in total. The van der Waals surface area contributed by atoms with Crippen molar-refractivity contribution in [2.45, 2.75) is 31.9 Å². The number of methoxy groups -OCH3 is 2. The smallest absolute Gasteiger partial charge is 0.127 e. The molecule has 2 rings (SSSR count). The third-order valence-electron chi connectivity index (χ3n) is 3.49. The van der Waals surface area contributed by atoms with Gasteiger partial charge in [0, 0.05) is 0 Å². The van der Waals surface area contributed by atoms with Crippen molar-refractivity contribution in [3.8, 4) is 11.5 Å². The van der Waals surface area contributed by atoms with Gasteiger partial charge in [-0.15, -0.1) is 0 Å². The van der Waals surface area contributed by atoms with Crippen molar-refractivity contribution in [3.05, 3.63) is 23.3 Å². The molecule has 1 aromatic rings. The van der Waals surface area contributed by atoms with Gasteiger partial charge in [-0.2, -0.15) is 0 Å². The number of aliphatic hydroxyl groups is 1. The zero-order valence-corrected chi connectivity index (χ0v) is 11.1. The predicted molar refractivity (Wildman–Crippen MR) is 69.9 cm³/mol. The van der Waals surface area contributed by atoms with Crippen LogP contribution in [0.1, 0.15) is 30.0 Å². The van der Waals surface area contributed by atoms with E-state index in [9.17, 15) is 5.11 Å². The van der Waals surface area contributed by atoms with Crippen LogP contribution in [-0.4, -0.2) is 25.4 Å². The fourth-order valence-electron chi connectivity index (χ4n) is 2.30. The highest BCUT2D eigenvalue weighted by atomic mass is 16.5. The molecule has 0 spiro atoms. The summed E-state index contributed by atoms with van der Waals surface area (Å²) in [4.78, 5) is 0. The van der Waals surface area contributed by atoms with E-state index in [1.165, 1.54) is 0 Å². The van der Waals surface area contributed by atoms with Crippen molar-refractivity contribution < 1.29 is 14.6 Å². The first-order valence-electron chi connectivity index (χ1n) is 6.24. The van der Waals surface area contributed by atoms with Crippen molar-refractivity contribution in [2.24, 2.45) is 11.7 Å². The van der Waals surface area contributed by atoms with Gasteiger partial charge in [-0.1, -0.05) is 0 Å². The van der Waals surface area contributed by atoms with Gasteiger partial charge in [0.15, 0.2) is 0 Å². The first-order valence-corrected chi connectivity index (χ1v) is 6.24. The van der Waals surface area contributed by atoms with Crippen molar-refractivity contribution in [3.63, 3.8) is 0 Å². The van der Waals surface area contributed by atoms with Crippen LogP contribution in [0.15, 0.2) is 12.1 Å². The summed E-state index contributed by atoms with van der Waals surface area (Å²) in [6.07, 6.45) is 1.56. The standard InChI is InChI=1S/C14H21NO3/c1-8-6-10(17-2)12(11(7-8)18-3)13(15)14(16)9-4-5-9/h6-7,9,13-14,16H,4-5,15H2,1-3H3/t13-,14+/m0/s1. The average molecular weight is 251 g/mol. The molecule has 18 heavy (non-hydrogen) atoms. The van der Waals surface area contributed by atoms with Crippen molar-refractivity contribution >= 4 is 0 Å². The number of aryl methyl sites for hydroxylation is 1. The Labute approximate surface area is 108 Å². The van der Waals surface area contributed by atoms with E-state index in [0.717, 1.165) is 24.0 Å². The maximum atomic E-state index is 10.2. The summed E-state index contributed by atoms with van der Waals surface area (Å²) in [7, 11) is 3.21. The SMILES string of the molecule is COc1cc(C)cc(OC)c1[C@H](N)[C@H](O)C1CC1. The van der Waals surface area contributed by atoms with E-state index < -0.39 is 12.1 Å².